The molecule has 12 nitrogen and oxygen atoms in total. The summed E-state index contributed by atoms with van der Waals surface area (Å²) in [4.78, 5) is 76.7. The Morgan fingerprint density at radius 3 is 1.13 bits per heavy atom. The fourth-order valence-corrected chi connectivity index (χ4v) is 20.4. The van der Waals surface area contributed by atoms with Gasteiger partial charge in [-0.1, -0.05) is 229 Å². The molecule has 0 saturated heterocycles. The molecule has 664 valence electrons. The van der Waals surface area contributed by atoms with Gasteiger partial charge in [0.2, 0.25) is 0 Å². The first-order valence-corrected chi connectivity index (χ1v) is 45.5. The molecule has 0 spiro atoms. The number of rotatable bonds is 15. The molecule has 2 aromatic heterocycles. The number of nitrogens with zero attached hydrogens (tertiary/aromatic N) is 8. The smallest absolute Gasteiger partial charge is 0.383 e. The summed E-state index contributed by atoms with van der Waals surface area (Å²) in [6.45, 7) is 20.5. The highest BCUT2D eigenvalue weighted by Crippen LogP contribution is 2.61. The number of aliphatic hydroxyl groups excluding tert-OH is 1. The van der Waals surface area contributed by atoms with Crippen LogP contribution in [0, 0.1) is 13.8 Å². The van der Waals surface area contributed by atoms with Gasteiger partial charge in [-0.2, -0.15) is 26.3 Å². The molecule has 1 unspecified atom stereocenters. The molecule has 4 heterocycles. The van der Waals surface area contributed by atoms with Crippen molar-refractivity contribution in [3.8, 4) is 55.6 Å². The van der Waals surface area contributed by atoms with Gasteiger partial charge >= 0.3 is 12.4 Å². The number of alkyl halides is 6. The maximum absolute atomic E-state index is 15.8. The molecule has 22 heteroatoms. The Morgan fingerprint density at radius 1 is 0.328 bits per heavy atom. The van der Waals surface area contributed by atoms with Gasteiger partial charge in [-0.25, -0.2) is 19.9 Å². The molecule has 1 N–H and O–H groups in total. The molecular formula is C112H82Cl4F6N8O4. The number of halogens is 10. The van der Waals surface area contributed by atoms with E-state index < -0.39 is 41.1 Å². The summed E-state index contributed by atoms with van der Waals surface area (Å²) < 4.78 is 87.5. The van der Waals surface area contributed by atoms with E-state index in [1.165, 1.54) is 30.3 Å². The molecular weight excluding hydrogens is 1780 g/mol. The van der Waals surface area contributed by atoms with E-state index in [0.29, 0.717) is 166 Å². The predicted octanol–water partition coefficient (Wildman–Crippen LogP) is 32.1. The Morgan fingerprint density at radius 2 is 0.679 bits per heavy atom. The first-order valence-electron chi connectivity index (χ1n) is 44.0. The summed E-state index contributed by atoms with van der Waals surface area (Å²) in [5.74, 6) is 0.0160. The lowest BCUT2D eigenvalue weighted by Gasteiger charge is -2.32. The number of aliphatic hydroxyl groups is 1. The monoisotopic (exact) mass is 1860 g/mol. The van der Waals surface area contributed by atoms with Crippen LogP contribution in [0.15, 0.2) is 302 Å². The first kappa shape index (κ1) is 88.1. The molecule has 0 fully saturated rings. The van der Waals surface area contributed by atoms with Crippen LogP contribution in [0.25, 0.3) is 99.2 Å². The fourth-order valence-electron chi connectivity index (χ4n) is 19.2. The largest absolute Gasteiger partial charge is 0.416 e. The molecule has 14 aromatic carbocycles. The Kier molecular flexibility index (Phi) is 22.2. The fraction of sp³-hybridized carbons (Fsp3) is 0.152. The van der Waals surface area contributed by atoms with Crippen molar-refractivity contribution >= 4 is 153 Å². The maximum Gasteiger partial charge on any atom is 0.416 e. The normalized spacial score (nSPS) is 15.7. The molecule has 0 amide bonds. The lowest BCUT2D eigenvalue weighted by atomic mass is 9.91. The minimum absolute atomic E-state index is 0.0885. The molecule has 4 aliphatic rings. The molecule has 0 saturated carbocycles. The van der Waals surface area contributed by atoms with Crippen LogP contribution in [-0.4, -0.2) is 42.4 Å². The van der Waals surface area contributed by atoms with E-state index in [1.54, 1.807) is 90.7 Å². The van der Waals surface area contributed by atoms with Gasteiger partial charge in [0, 0.05) is 75.7 Å². The Balaban J connectivity index is 0.767. The number of fused-ring (bicyclic) bond motifs is 8. The zero-order valence-electron chi connectivity index (χ0n) is 74.0. The van der Waals surface area contributed by atoms with E-state index >= 15 is 14.4 Å². The van der Waals surface area contributed by atoms with Crippen LogP contribution in [0.3, 0.4) is 0 Å². The summed E-state index contributed by atoms with van der Waals surface area (Å²) >= 11 is 29.7. The number of hydrogen-bond acceptors (Lipinski definition) is 12. The molecule has 2 aliphatic carbocycles. The first-order chi connectivity index (χ1) is 64.2. The van der Waals surface area contributed by atoms with E-state index in [9.17, 15) is 31.4 Å². The van der Waals surface area contributed by atoms with Crippen molar-refractivity contribution in [2.45, 2.75) is 111 Å². The standard InChI is InChI=1S/C112H82Cl4F6N8O4/c1-57(2)73-21-15-22-74(58(3)4)99(73)127-95(129(108-107(127)123-91-29-13-14-30-92(91)124-108)101-79(63-33-38-71(39-34-63)111(117,118)119)47-61(9)48-80(101)64-35-40-72(41-36-64)112(120,121)122)45-42-78-105(133)83-54-68-32-31-67(51-70(68)55-84(83)106(78)134)69-37-44-93-94(56-69)126-110-109(125-93)130(102-85(97-87(113)25-17-26-88(97)114)49-62(10)50-86(102)98-89(115)27-18-28-90(98)116)96(128(110)100-75(59(5)6)23-16-24-76(100)60(7)8)46-43-77-103(131)81-52-65-19-11-12-20-66(65)53-82(81)104(77)132/h11-60,103,131H,1-10H3/b77-43+,78-42-,95-45+,96-46+. The van der Waals surface area contributed by atoms with Crippen molar-refractivity contribution in [1.82, 2.24) is 19.9 Å². The van der Waals surface area contributed by atoms with Crippen LogP contribution >= 0.6 is 46.4 Å². The topological polar surface area (TPSA) is 136 Å². The van der Waals surface area contributed by atoms with E-state index in [0.717, 1.165) is 68.5 Å². The Labute approximate surface area is 789 Å². The summed E-state index contributed by atoms with van der Waals surface area (Å²) in [6, 6.07) is 73.5. The summed E-state index contributed by atoms with van der Waals surface area (Å²) in [5.41, 5.74) is 13.5. The third-order valence-electron chi connectivity index (χ3n) is 25.6. The molecule has 20 rings (SSSR count). The van der Waals surface area contributed by atoms with Crippen LogP contribution in [0.2, 0.25) is 20.1 Å². The lowest BCUT2D eigenvalue weighted by molar-refractivity contribution is -0.138. The van der Waals surface area contributed by atoms with Crippen LogP contribution in [0.5, 0.6) is 0 Å². The van der Waals surface area contributed by atoms with Crippen LogP contribution < -0.4 is 19.6 Å². The molecule has 0 radical (unpaired) electrons. The number of aryl methyl sites for hydroxylation is 2. The van der Waals surface area contributed by atoms with E-state index in [2.05, 4.69) is 78.5 Å². The molecule has 1 atom stereocenters. The van der Waals surface area contributed by atoms with Crippen molar-refractivity contribution in [2.75, 3.05) is 19.6 Å². The van der Waals surface area contributed by atoms with Crippen molar-refractivity contribution in [1.29, 1.82) is 0 Å². The number of carbonyl (C=O) groups excluding carboxylic acids is 3. The van der Waals surface area contributed by atoms with Crippen LogP contribution in [0.4, 0.5) is 72.4 Å². The zero-order valence-corrected chi connectivity index (χ0v) is 77.0. The third kappa shape index (κ3) is 15.1. The zero-order chi connectivity index (χ0) is 93.8. The van der Waals surface area contributed by atoms with Gasteiger partial charge in [0.1, 0.15) is 17.7 Å². The van der Waals surface area contributed by atoms with E-state index in [4.69, 9.17) is 66.3 Å². The summed E-state index contributed by atoms with van der Waals surface area (Å²) in [6.07, 6.45) is -4.07. The number of allylic oxidation sites excluding steroid dienone is 5. The number of para-hydroxylation sites is 4. The number of carbonyl (C=O) groups is 3. The number of Topliss-reactive ketones (excluding diaryl/α,β-unsaturated/α-hetero) is 3. The van der Waals surface area contributed by atoms with Crippen molar-refractivity contribution in [2.24, 2.45) is 0 Å². The van der Waals surface area contributed by atoms with Crippen molar-refractivity contribution < 1.29 is 45.8 Å². The van der Waals surface area contributed by atoms with Gasteiger partial charge in [0.15, 0.2) is 40.6 Å². The average Bonchev–Trinajstić information content (AvgIpc) is 1.55. The van der Waals surface area contributed by atoms with Gasteiger partial charge in [0.25, 0.3) is 0 Å². The second-order valence-corrected chi connectivity index (χ2v) is 37.2. The molecule has 2 aliphatic heterocycles. The van der Waals surface area contributed by atoms with Crippen LogP contribution in [0.1, 0.15) is 166 Å². The maximum atomic E-state index is 15.8. The average molecular weight is 1860 g/mol. The number of benzene rings is 14. The minimum Gasteiger partial charge on any atom is -0.383 e. The van der Waals surface area contributed by atoms with E-state index in [-0.39, 0.29) is 63.4 Å². The third-order valence-corrected chi connectivity index (χ3v) is 26.9. The van der Waals surface area contributed by atoms with Gasteiger partial charge in [-0.3, -0.25) is 34.0 Å². The summed E-state index contributed by atoms with van der Waals surface area (Å²) in [7, 11) is 0. The Hall–Kier alpha value is -13.9. The minimum atomic E-state index is -4.71. The molecule has 134 heavy (non-hydrogen) atoms. The number of aromatic nitrogens is 4. The van der Waals surface area contributed by atoms with E-state index in [1.807, 2.05) is 144 Å². The van der Waals surface area contributed by atoms with Gasteiger partial charge in [-0.05, 0) is 272 Å². The highest BCUT2D eigenvalue weighted by atomic mass is 35.5. The van der Waals surface area contributed by atoms with Crippen LogP contribution in [-0.2, 0) is 12.4 Å². The summed E-state index contributed by atoms with van der Waals surface area (Å²) in [5, 5.41) is 16.9. The quantitative estimate of drug-likeness (QED) is 0.0594. The lowest BCUT2D eigenvalue weighted by Crippen LogP contribution is -2.25. The van der Waals surface area contributed by atoms with Crippen molar-refractivity contribution in [3.05, 3.63) is 389 Å². The van der Waals surface area contributed by atoms with Gasteiger partial charge in [-0.15, -0.1) is 0 Å². The molecule has 0 bridgehead atoms. The number of ketones is 3. The second-order valence-electron chi connectivity index (χ2n) is 35.6. The Bertz CT molecular complexity index is 7630. The molecule has 16 aromatic rings. The second kappa shape index (κ2) is 33.7. The number of anilines is 8. The number of hydrogen-bond donors (Lipinski definition) is 1. The highest BCUT2D eigenvalue weighted by Gasteiger charge is 2.46. The SMILES string of the molecule is Cc1cc(-c2ccc(C(F)(F)F)cc2)c(N2/C(=C/C=C3/C(=O)c4cc5ccc(-c6ccc7nc8c(nc7c6)N(c6c(C(C)C)cccc6C(C)C)/C(=C\C=C6\C(=O)c7cc9ccccc9cc7C6O)N8c6c(-c7c(Cl)cccc7Cl)cc(C)cc6-c6c(Cl)cccc6Cl)cc5cc4C3=O)N(c3c(C(C)C)cccc3C(C)C)c3nc4ccccc4nc32)c(-c2ccc(C(F)(F)F)cc2)c1. The van der Waals surface area contributed by atoms with Crippen molar-refractivity contribution in [3.63, 3.8) is 0 Å². The predicted molar refractivity (Wildman–Crippen MR) is 528 cm³/mol. The highest BCUT2D eigenvalue weighted by molar-refractivity contribution is 6.42. The van der Waals surface area contributed by atoms with Gasteiger partial charge < -0.3 is 5.11 Å². The van der Waals surface area contributed by atoms with Gasteiger partial charge in [0.05, 0.1) is 61.5 Å².